The van der Waals surface area contributed by atoms with E-state index in [1.807, 2.05) is 18.2 Å². The predicted octanol–water partition coefficient (Wildman–Crippen LogP) is 3.88. The van der Waals surface area contributed by atoms with Crippen molar-refractivity contribution in [2.75, 3.05) is 42.9 Å². The Balaban J connectivity index is 1.52. The summed E-state index contributed by atoms with van der Waals surface area (Å²) in [4.78, 5) is 17.1. The zero-order chi connectivity index (χ0) is 18.5. The molecular formula is C22H29N3O. The second-order valence-electron chi connectivity index (χ2n) is 7.39. The first-order valence-electron chi connectivity index (χ1n) is 9.45. The van der Waals surface area contributed by atoms with E-state index in [0.29, 0.717) is 12.5 Å². The van der Waals surface area contributed by atoms with Crippen molar-refractivity contribution in [2.45, 2.75) is 26.7 Å². The maximum absolute atomic E-state index is 12.5. The van der Waals surface area contributed by atoms with E-state index >= 15 is 0 Å². The molecule has 0 radical (unpaired) electrons. The fourth-order valence-electron chi connectivity index (χ4n) is 3.50. The zero-order valence-electron chi connectivity index (χ0n) is 16.0. The van der Waals surface area contributed by atoms with E-state index in [2.05, 4.69) is 66.2 Å². The van der Waals surface area contributed by atoms with Gasteiger partial charge in [-0.2, -0.15) is 0 Å². The summed E-state index contributed by atoms with van der Waals surface area (Å²) in [6, 6.07) is 16.7. The van der Waals surface area contributed by atoms with E-state index in [1.54, 1.807) is 0 Å². The van der Waals surface area contributed by atoms with Crippen LogP contribution < -0.4 is 10.2 Å². The predicted molar refractivity (Wildman–Crippen MR) is 109 cm³/mol. The molecule has 138 valence electrons. The third-order valence-corrected chi connectivity index (χ3v) is 4.96. The number of para-hydroxylation sites is 1. The van der Waals surface area contributed by atoms with Crippen LogP contribution in [0.5, 0.6) is 0 Å². The first kappa shape index (κ1) is 18.5. The molecule has 26 heavy (non-hydrogen) atoms. The molecule has 0 aliphatic carbocycles. The smallest absolute Gasteiger partial charge is 0.238 e. The zero-order valence-corrected chi connectivity index (χ0v) is 16.0. The number of nitrogens with one attached hydrogen (secondary N) is 1. The maximum Gasteiger partial charge on any atom is 0.238 e. The summed E-state index contributed by atoms with van der Waals surface area (Å²) >= 11 is 0. The number of nitrogens with zero attached hydrogens (tertiary/aromatic N) is 2. The summed E-state index contributed by atoms with van der Waals surface area (Å²) in [5.74, 6) is 0.464. The molecule has 0 unspecified atom stereocenters. The van der Waals surface area contributed by atoms with Gasteiger partial charge in [-0.05, 0) is 42.2 Å². The molecule has 0 saturated carbocycles. The van der Waals surface area contributed by atoms with E-state index in [9.17, 15) is 4.79 Å². The van der Waals surface area contributed by atoms with Gasteiger partial charge in [-0.3, -0.25) is 9.69 Å². The van der Waals surface area contributed by atoms with E-state index in [4.69, 9.17) is 0 Å². The molecule has 4 nitrogen and oxygen atoms in total. The average Bonchev–Trinajstić information content (AvgIpc) is 2.62. The minimum atomic E-state index is 0.0714. The lowest BCUT2D eigenvalue weighted by molar-refractivity contribution is -0.117. The molecular weight excluding hydrogens is 322 g/mol. The van der Waals surface area contributed by atoms with Crippen LogP contribution in [0.2, 0.25) is 0 Å². The Morgan fingerprint density at radius 1 is 1.04 bits per heavy atom. The summed E-state index contributed by atoms with van der Waals surface area (Å²) in [7, 11) is 0. The number of aryl methyl sites for hydroxylation is 1. The lowest BCUT2D eigenvalue weighted by Crippen LogP contribution is -2.48. The molecule has 1 fully saturated rings. The molecule has 3 rings (SSSR count). The first-order chi connectivity index (χ1) is 12.5. The van der Waals surface area contributed by atoms with Gasteiger partial charge in [-0.25, -0.2) is 0 Å². The van der Waals surface area contributed by atoms with Gasteiger partial charge in [0.05, 0.1) is 6.54 Å². The Kier molecular flexibility index (Phi) is 5.94. The average molecular weight is 351 g/mol. The van der Waals surface area contributed by atoms with Crippen molar-refractivity contribution in [1.82, 2.24) is 4.90 Å². The Labute approximate surface area is 156 Å². The van der Waals surface area contributed by atoms with Crippen molar-refractivity contribution in [3.8, 4) is 0 Å². The standard InChI is InChI=1S/C22H29N3O/c1-17(2)20-9-4-5-10-21(20)23-22(26)16-24-11-13-25(14-12-24)19-8-6-7-18(3)15-19/h4-10,15,17H,11-14,16H2,1-3H3,(H,23,26). The van der Waals surface area contributed by atoms with Crippen LogP contribution in [0.1, 0.15) is 30.9 Å². The lowest BCUT2D eigenvalue weighted by Gasteiger charge is -2.35. The van der Waals surface area contributed by atoms with E-state index < -0.39 is 0 Å². The van der Waals surface area contributed by atoms with Crippen LogP contribution in [-0.2, 0) is 4.79 Å². The summed E-state index contributed by atoms with van der Waals surface area (Å²) in [6.07, 6.45) is 0. The molecule has 0 aromatic heterocycles. The van der Waals surface area contributed by atoms with Gasteiger partial charge in [0, 0.05) is 37.6 Å². The van der Waals surface area contributed by atoms with Crippen molar-refractivity contribution in [3.63, 3.8) is 0 Å². The number of piperazine rings is 1. The van der Waals surface area contributed by atoms with E-state index in [-0.39, 0.29) is 5.91 Å². The molecule has 1 aliphatic rings. The fraction of sp³-hybridized carbons (Fsp3) is 0.409. The number of hydrogen-bond donors (Lipinski definition) is 1. The minimum Gasteiger partial charge on any atom is -0.369 e. The topological polar surface area (TPSA) is 35.6 Å². The van der Waals surface area contributed by atoms with Gasteiger partial charge in [-0.1, -0.05) is 44.2 Å². The fourth-order valence-corrected chi connectivity index (χ4v) is 3.50. The molecule has 1 aliphatic heterocycles. The Morgan fingerprint density at radius 2 is 1.77 bits per heavy atom. The quantitative estimate of drug-likeness (QED) is 0.888. The normalized spacial score (nSPS) is 15.3. The van der Waals surface area contributed by atoms with Gasteiger partial charge in [0.25, 0.3) is 0 Å². The van der Waals surface area contributed by atoms with Crippen LogP contribution in [0.3, 0.4) is 0 Å². The highest BCUT2D eigenvalue weighted by atomic mass is 16.2. The van der Waals surface area contributed by atoms with Crippen LogP contribution in [0.25, 0.3) is 0 Å². The Morgan fingerprint density at radius 3 is 2.46 bits per heavy atom. The Bertz CT molecular complexity index is 749. The molecule has 1 heterocycles. The third-order valence-electron chi connectivity index (χ3n) is 4.96. The van der Waals surface area contributed by atoms with Gasteiger partial charge < -0.3 is 10.2 Å². The number of anilines is 2. The van der Waals surface area contributed by atoms with Gasteiger partial charge in [0.15, 0.2) is 0 Å². The molecule has 1 amide bonds. The van der Waals surface area contributed by atoms with Gasteiger partial charge in [-0.15, -0.1) is 0 Å². The molecule has 0 spiro atoms. The number of rotatable bonds is 5. The van der Waals surface area contributed by atoms with Crippen LogP contribution in [0, 0.1) is 6.92 Å². The summed E-state index contributed by atoms with van der Waals surface area (Å²) < 4.78 is 0. The highest BCUT2D eigenvalue weighted by molar-refractivity contribution is 5.93. The minimum absolute atomic E-state index is 0.0714. The van der Waals surface area contributed by atoms with Gasteiger partial charge in [0.2, 0.25) is 5.91 Å². The lowest BCUT2D eigenvalue weighted by atomic mass is 10.0. The van der Waals surface area contributed by atoms with Crippen LogP contribution in [-0.4, -0.2) is 43.5 Å². The van der Waals surface area contributed by atoms with Gasteiger partial charge >= 0.3 is 0 Å². The van der Waals surface area contributed by atoms with Crippen molar-refractivity contribution in [1.29, 1.82) is 0 Å². The number of amides is 1. The van der Waals surface area contributed by atoms with Crippen molar-refractivity contribution in [3.05, 3.63) is 59.7 Å². The summed E-state index contributed by atoms with van der Waals surface area (Å²) in [5.41, 5.74) is 4.68. The largest absolute Gasteiger partial charge is 0.369 e. The van der Waals surface area contributed by atoms with E-state index in [1.165, 1.54) is 16.8 Å². The number of carbonyl (C=O) groups is 1. The Hall–Kier alpha value is -2.33. The number of carbonyl (C=O) groups excluding carboxylic acids is 1. The van der Waals surface area contributed by atoms with Crippen LogP contribution in [0.15, 0.2) is 48.5 Å². The molecule has 1 N–H and O–H groups in total. The summed E-state index contributed by atoms with van der Waals surface area (Å²) in [5, 5.41) is 3.10. The second-order valence-corrected chi connectivity index (χ2v) is 7.39. The van der Waals surface area contributed by atoms with E-state index in [0.717, 1.165) is 31.9 Å². The molecule has 2 aromatic rings. The molecule has 0 atom stereocenters. The van der Waals surface area contributed by atoms with Crippen molar-refractivity contribution >= 4 is 17.3 Å². The monoisotopic (exact) mass is 351 g/mol. The molecule has 0 bridgehead atoms. The van der Waals surface area contributed by atoms with Crippen molar-refractivity contribution < 1.29 is 4.79 Å². The SMILES string of the molecule is Cc1cccc(N2CCN(CC(=O)Nc3ccccc3C(C)C)CC2)c1. The van der Waals surface area contributed by atoms with Crippen molar-refractivity contribution in [2.24, 2.45) is 0 Å². The first-order valence-corrected chi connectivity index (χ1v) is 9.45. The molecule has 1 saturated heterocycles. The van der Waals surface area contributed by atoms with Crippen LogP contribution in [0.4, 0.5) is 11.4 Å². The molecule has 2 aromatic carbocycles. The molecule has 4 heteroatoms. The third kappa shape index (κ3) is 4.64. The van der Waals surface area contributed by atoms with Crippen LogP contribution >= 0.6 is 0 Å². The highest BCUT2D eigenvalue weighted by Gasteiger charge is 2.19. The number of benzene rings is 2. The number of hydrogen-bond acceptors (Lipinski definition) is 3. The highest BCUT2D eigenvalue weighted by Crippen LogP contribution is 2.23. The second kappa shape index (κ2) is 8.37. The van der Waals surface area contributed by atoms with Gasteiger partial charge in [0.1, 0.15) is 0 Å². The summed E-state index contributed by atoms with van der Waals surface area (Å²) in [6.45, 7) is 10.6. The maximum atomic E-state index is 12.5.